The van der Waals surface area contributed by atoms with Crippen LogP contribution >= 0.6 is 0 Å². The van der Waals surface area contributed by atoms with E-state index in [9.17, 15) is 101 Å². The number of nitrogens with one attached hydrogen (secondary N) is 3. The van der Waals surface area contributed by atoms with Crippen LogP contribution in [0.1, 0.15) is 220 Å². The fourth-order valence-corrected chi connectivity index (χ4v) is 12.4. The number of allylic oxidation sites excluding steroid dienone is 1. The molecule has 0 spiro atoms. The summed E-state index contributed by atoms with van der Waals surface area (Å²) in [5, 5.41) is 169. The van der Waals surface area contributed by atoms with Gasteiger partial charge in [-0.05, 0) is 25.2 Å². The first kappa shape index (κ1) is 86.6. The molecule has 560 valence electrons. The van der Waals surface area contributed by atoms with Crippen molar-refractivity contribution >= 4 is 29.7 Å². The van der Waals surface area contributed by atoms with E-state index in [0.717, 1.165) is 77.6 Å². The fraction of sp³-hybridized carbons (Fsp3) is 0.896. The monoisotopic (exact) mass is 1380 g/mol. The van der Waals surface area contributed by atoms with Crippen LogP contribution < -0.4 is 16.0 Å². The summed E-state index contributed by atoms with van der Waals surface area (Å²) in [5.41, 5.74) is 0. The maximum absolute atomic E-state index is 13.6. The standard InChI is InChI=1S/C67H121N3O26/c1-5-7-8-9-10-11-12-13-14-15-16-17-18-19-20-25-28-31-34-46(76)62(86)69-44(45(75)33-30-27-24-22-21-23-26-29-32-42(3)6-2)40-91-63-59(85)58(84)57(83)51(93-63)41-92-66(64(87)88)36-50(54(68-43(4)74)61(95-66)56(82)49(79)38-72)94-67(65(89)90)35-47(77)53(70-52(80)39-73)60(96-67)55(81)48(78)37-71/h30,33,42,44-51,53-61,63,71-73,75-79,81-85H,5-29,31-32,34-41H2,1-4H3,(H,68,74)(H,69,86)(H,70,80)(H,87,88)(H,89,90)/b33-30+/t42?,44-,45+,46+,47-,48+,49+,50-,51+,53+,54+,55+,56+,57+,58-,59+,60+,61+,63+,66+,67+/m0/s1. The largest absolute Gasteiger partial charge is 0.477 e. The van der Waals surface area contributed by atoms with Crippen molar-refractivity contribution < 1.29 is 129 Å². The molecular weight excluding hydrogens is 1260 g/mol. The van der Waals surface area contributed by atoms with Crippen LogP contribution in [0.3, 0.4) is 0 Å². The molecular formula is C67H121N3O26. The van der Waals surface area contributed by atoms with Crippen molar-refractivity contribution in [3.63, 3.8) is 0 Å². The number of aliphatic hydroxyl groups is 13. The summed E-state index contributed by atoms with van der Waals surface area (Å²) < 4.78 is 35.2. The summed E-state index contributed by atoms with van der Waals surface area (Å²) in [5.74, 6) is -13.1. The van der Waals surface area contributed by atoms with Crippen molar-refractivity contribution in [3.05, 3.63) is 12.2 Å². The van der Waals surface area contributed by atoms with Gasteiger partial charge in [-0.25, -0.2) is 9.59 Å². The van der Waals surface area contributed by atoms with E-state index in [-0.39, 0.29) is 6.42 Å². The highest BCUT2D eigenvalue weighted by atomic mass is 16.8. The molecule has 1 unspecified atom stereocenters. The van der Waals surface area contributed by atoms with Crippen molar-refractivity contribution in [2.45, 2.75) is 342 Å². The predicted molar refractivity (Wildman–Crippen MR) is 347 cm³/mol. The van der Waals surface area contributed by atoms with Crippen molar-refractivity contribution in [1.82, 2.24) is 16.0 Å². The highest BCUT2D eigenvalue weighted by Gasteiger charge is 2.63. The third kappa shape index (κ3) is 29.1. The zero-order valence-electron chi connectivity index (χ0n) is 57.1. The van der Waals surface area contributed by atoms with E-state index in [0.29, 0.717) is 18.8 Å². The molecule has 3 rings (SSSR count). The number of carboxylic acids is 2. The Kier molecular flexibility index (Phi) is 42.1. The summed E-state index contributed by atoms with van der Waals surface area (Å²) in [6, 6.07) is -5.14. The van der Waals surface area contributed by atoms with Crippen LogP contribution in [0.15, 0.2) is 12.2 Å². The lowest BCUT2D eigenvalue weighted by molar-refractivity contribution is -0.365. The summed E-state index contributed by atoms with van der Waals surface area (Å²) in [6.07, 6.45) is -0.127. The number of aliphatic hydroxyl groups excluding tert-OH is 13. The maximum Gasteiger partial charge on any atom is 0.364 e. The molecule has 29 nitrogen and oxygen atoms in total. The van der Waals surface area contributed by atoms with Gasteiger partial charge in [-0.1, -0.05) is 193 Å². The first-order chi connectivity index (χ1) is 45.8. The maximum atomic E-state index is 13.6. The van der Waals surface area contributed by atoms with Gasteiger partial charge in [-0.3, -0.25) is 14.4 Å². The molecule has 3 heterocycles. The molecule has 0 aromatic carbocycles. The van der Waals surface area contributed by atoms with Crippen LogP contribution in [0.2, 0.25) is 0 Å². The smallest absolute Gasteiger partial charge is 0.364 e. The number of carbonyl (C=O) groups is 5. The minimum Gasteiger partial charge on any atom is -0.477 e. The molecule has 0 aromatic heterocycles. The number of unbranched alkanes of at least 4 members (excludes halogenated alkanes) is 23. The Morgan fingerprint density at radius 3 is 1.58 bits per heavy atom. The SMILES string of the molecule is CCCCCCCCCCCCCCCCCCCC[C@@H](O)C(=O)N[C@@H](CO[C@@H]1O[C@H](CO[C@]2(C(=O)O)C[C@H](O[C@]3(C(=O)O)C[C@H](O)[C@@H](NC(=O)CO)[C@H]([C@H](O)[C@H](O)CO)O3)[C@@H](NC(C)=O)[C@H]([C@H](O)[C@H](O)CO)O2)[C@@H](O)[C@H](O)[C@H]1O)[C@H](O)/C=C/CCCCCCCCC(C)CC. The third-order valence-corrected chi connectivity index (χ3v) is 18.6. The lowest BCUT2D eigenvalue weighted by atomic mass is 9.86. The molecule has 3 fully saturated rings. The summed E-state index contributed by atoms with van der Waals surface area (Å²) in [6.45, 7) is 2.13. The van der Waals surface area contributed by atoms with Gasteiger partial charge >= 0.3 is 11.9 Å². The minimum absolute atomic E-state index is 0.119. The van der Waals surface area contributed by atoms with E-state index in [1.807, 2.05) is 0 Å². The number of aliphatic carboxylic acids is 2. The molecule has 29 heteroatoms. The first-order valence-corrected chi connectivity index (χ1v) is 35.3. The van der Waals surface area contributed by atoms with E-state index < -0.39 is 197 Å². The predicted octanol–water partition coefficient (Wildman–Crippen LogP) is 1.48. The lowest BCUT2D eigenvalue weighted by Gasteiger charge is -2.52. The number of hydrogen-bond acceptors (Lipinski definition) is 24. The molecule has 0 radical (unpaired) electrons. The summed E-state index contributed by atoms with van der Waals surface area (Å²) in [7, 11) is 0. The molecule has 21 atom stereocenters. The number of carbonyl (C=O) groups excluding carboxylic acids is 3. The number of amides is 3. The van der Waals surface area contributed by atoms with E-state index >= 15 is 0 Å². The third-order valence-electron chi connectivity index (χ3n) is 18.6. The second-order valence-electron chi connectivity index (χ2n) is 26.6. The highest BCUT2D eigenvalue weighted by Crippen LogP contribution is 2.42. The quantitative estimate of drug-likeness (QED) is 0.0303. The lowest BCUT2D eigenvalue weighted by Crippen LogP contribution is -2.72. The van der Waals surface area contributed by atoms with Crippen LogP contribution in [-0.4, -0.2) is 261 Å². The van der Waals surface area contributed by atoms with Gasteiger partial charge in [-0.15, -0.1) is 0 Å². The van der Waals surface area contributed by atoms with E-state index in [4.69, 9.17) is 28.4 Å². The fourth-order valence-electron chi connectivity index (χ4n) is 12.4. The van der Waals surface area contributed by atoms with Crippen molar-refractivity contribution in [2.24, 2.45) is 5.92 Å². The Labute approximate surface area is 565 Å². The zero-order chi connectivity index (χ0) is 71.4. The van der Waals surface area contributed by atoms with Crippen LogP contribution in [0, 0.1) is 5.92 Å². The molecule has 0 saturated carbocycles. The molecule has 3 amide bonds. The average molecular weight is 1380 g/mol. The minimum atomic E-state index is -3.31. The Bertz CT molecular complexity index is 2210. The van der Waals surface area contributed by atoms with Gasteiger partial charge in [0, 0.05) is 19.8 Å². The van der Waals surface area contributed by atoms with Gasteiger partial charge in [0.25, 0.3) is 11.6 Å². The highest BCUT2D eigenvalue weighted by molar-refractivity contribution is 5.81. The molecule has 3 saturated heterocycles. The van der Waals surface area contributed by atoms with Crippen molar-refractivity contribution in [3.8, 4) is 0 Å². The second-order valence-corrected chi connectivity index (χ2v) is 26.6. The molecule has 18 N–H and O–H groups in total. The van der Waals surface area contributed by atoms with E-state index in [1.165, 1.54) is 96.0 Å². The summed E-state index contributed by atoms with van der Waals surface area (Å²) >= 11 is 0. The molecule has 3 aliphatic rings. The van der Waals surface area contributed by atoms with Gasteiger partial charge < -0.3 is 121 Å². The zero-order valence-corrected chi connectivity index (χ0v) is 57.1. The molecule has 3 aliphatic heterocycles. The van der Waals surface area contributed by atoms with E-state index in [2.05, 4.69) is 36.7 Å². The normalized spacial score (nSPS) is 28.8. The Balaban J connectivity index is 1.83. The Morgan fingerprint density at radius 2 is 1.09 bits per heavy atom. The van der Waals surface area contributed by atoms with Gasteiger partial charge in [0.05, 0.1) is 62.9 Å². The first-order valence-electron chi connectivity index (χ1n) is 35.3. The molecule has 0 aromatic rings. The van der Waals surface area contributed by atoms with Crippen LogP contribution in [0.4, 0.5) is 0 Å². The molecule has 0 bridgehead atoms. The van der Waals surface area contributed by atoms with Crippen LogP contribution in [0.5, 0.6) is 0 Å². The molecule has 0 aliphatic carbocycles. The van der Waals surface area contributed by atoms with Crippen molar-refractivity contribution in [1.29, 1.82) is 0 Å². The van der Waals surface area contributed by atoms with Gasteiger partial charge in [-0.2, -0.15) is 0 Å². The molecule has 96 heavy (non-hydrogen) atoms. The second kappa shape index (κ2) is 46.7. The van der Waals surface area contributed by atoms with Gasteiger partial charge in [0.15, 0.2) is 6.29 Å². The average Bonchev–Trinajstić information content (AvgIpc) is 0.748. The number of rotatable bonds is 52. The summed E-state index contributed by atoms with van der Waals surface area (Å²) in [4.78, 5) is 65.8. The Hall–Kier alpha value is -3.67. The van der Waals surface area contributed by atoms with Crippen LogP contribution in [-0.2, 0) is 52.4 Å². The van der Waals surface area contributed by atoms with Gasteiger partial charge in [0.1, 0.15) is 73.8 Å². The van der Waals surface area contributed by atoms with E-state index in [1.54, 1.807) is 6.08 Å². The number of hydrogen-bond donors (Lipinski definition) is 18. The Morgan fingerprint density at radius 1 is 0.604 bits per heavy atom. The van der Waals surface area contributed by atoms with Crippen molar-refractivity contribution in [2.75, 3.05) is 33.0 Å². The number of ether oxygens (including phenoxy) is 6. The van der Waals surface area contributed by atoms with Crippen LogP contribution in [0.25, 0.3) is 0 Å². The van der Waals surface area contributed by atoms with Gasteiger partial charge in [0.2, 0.25) is 17.7 Å². The topological polar surface area (TPSA) is 480 Å². The number of carboxylic acid groups (broad SMARTS) is 2.